The Balaban J connectivity index is 1.89. The van der Waals surface area contributed by atoms with Crippen LogP contribution in [0.2, 0.25) is 0 Å². The zero-order valence-electron chi connectivity index (χ0n) is 11.7. The topological polar surface area (TPSA) is 33.1 Å². The zero-order chi connectivity index (χ0) is 12.8. The number of imidazole rings is 1. The molecule has 0 aromatic carbocycles. The second-order valence-electron chi connectivity index (χ2n) is 5.34. The monoisotopic (exact) mass is 250 g/mol. The van der Waals surface area contributed by atoms with Crippen LogP contribution in [0.25, 0.3) is 0 Å². The third kappa shape index (κ3) is 3.82. The van der Waals surface area contributed by atoms with E-state index in [1.807, 2.05) is 12.4 Å². The van der Waals surface area contributed by atoms with Gasteiger partial charge in [-0.3, -0.25) is 4.90 Å². The average Bonchev–Trinajstić information content (AvgIpc) is 2.99. The van der Waals surface area contributed by atoms with Gasteiger partial charge in [-0.25, -0.2) is 4.98 Å². The molecule has 2 heterocycles. The summed E-state index contributed by atoms with van der Waals surface area (Å²) in [5, 5.41) is 3.59. The third-order valence-corrected chi connectivity index (χ3v) is 3.75. The van der Waals surface area contributed by atoms with Gasteiger partial charge in [-0.2, -0.15) is 0 Å². The fourth-order valence-corrected chi connectivity index (χ4v) is 2.59. The summed E-state index contributed by atoms with van der Waals surface area (Å²) in [4.78, 5) is 6.99. The first-order valence-corrected chi connectivity index (χ1v) is 7.21. The summed E-state index contributed by atoms with van der Waals surface area (Å²) in [5.74, 6) is 1.17. The minimum Gasteiger partial charge on any atom is -0.337 e. The molecule has 2 rings (SSSR count). The van der Waals surface area contributed by atoms with E-state index >= 15 is 0 Å². The van der Waals surface area contributed by atoms with Crippen molar-refractivity contribution in [3.8, 4) is 0 Å². The quantitative estimate of drug-likeness (QED) is 0.800. The van der Waals surface area contributed by atoms with Crippen LogP contribution in [0.3, 0.4) is 0 Å². The normalized spacial score (nSPS) is 19.8. The molecule has 1 aromatic rings. The van der Waals surface area contributed by atoms with E-state index in [2.05, 4.69) is 33.7 Å². The third-order valence-electron chi connectivity index (χ3n) is 3.75. The van der Waals surface area contributed by atoms with Crippen LogP contribution in [-0.2, 0) is 13.6 Å². The number of aromatic nitrogens is 2. The van der Waals surface area contributed by atoms with Gasteiger partial charge >= 0.3 is 0 Å². The number of aryl methyl sites for hydroxylation is 1. The maximum atomic E-state index is 4.44. The van der Waals surface area contributed by atoms with Gasteiger partial charge in [-0.15, -0.1) is 0 Å². The predicted octanol–water partition coefficient (Wildman–Crippen LogP) is 1.77. The van der Waals surface area contributed by atoms with Crippen molar-refractivity contribution >= 4 is 0 Å². The summed E-state index contributed by atoms with van der Waals surface area (Å²) >= 11 is 0. The lowest BCUT2D eigenvalue weighted by Crippen LogP contribution is -2.38. The lowest BCUT2D eigenvalue weighted by atomic mass is 10.2. The standard InChI is InChI=1S/C14H26N4/c1-3-4-9-18(11-13-6-5-7-15-13)12-14-16-8-10-17(14)2/h8,10,13,15H,3-7,9,11-12H2,1-2H3. The molecular formula is C14H26N4. The van der Waals surface area contributed by atoms with Crippen molar-refractivity contribution in [1.82, 2.24) is 19.8 Å². The SMILES string of the molecule is CCCCN(Cc1nccn1C)CC1CCCN1. The van der Waals surface area contributed by atoms with Crippen molar-refractivity contribution in [2.24, 2.45) is 7.05 Å². The fourth-order valence-electron chi connectivity index (χ4n) is 2.59. The van der Waals surface area contributed by atoms with Gasteiger partial charge < -0.3 is 9.88 Å². The molecule has 0 radical (unpaired) electrons. The Morgan fingerprint density at radius 2 is 2.44 bits per heavy atom. The van der Waals surface area contributed by atoms with Crippen LogP contribution in [0.4, 0.5) is 0 Å². The van der Waals surface area contributed by atoms with Gasteiger partial charge in [0, 0.05) is 32.0 Å². The molecule has 0 bridgehead atoms. The van der Waals surface area contributed by atoms with E-state index in [-0.39, 0.29) is 0 Å². The van der Waals surface area contributed by atoms with Gasteiger partial charge in [0.05, 0.1) is 6.54 Å². The Kier molecular flexibility index (Phi) is 5.20. The lowest BCUT2D eigenvalue weighted by Gasteiger charge is -2.25. The van der Waals surface area contributed by atoms with Crippen molar-refractivity contribution in [2.75, 3.05) is 19.6 Å². The highest BCUT2D eigenvalue weighted by Gasteiger charge is 2.18. The van der Waals surface area contributed by atoms with Gasteiger partial charge in [-0.05, 0) is 32.4 Å². The van der Waals surface area contributed by atoms with Crippen LogP contribution in [0, 0.1) is 0 Å². The van der Waals surface area contributed by atoms with Gasteiger partial charge in [0.1, 0.15) is 5.82 Å². The summed E-state index contributed by atoms with van der Waals surface area (Å²) < 4.78 is 2.13. The van der Waals surface area contributed by atoms with E-state index in [1.165, 1.54) is 44.6 Å². The molecule has 4 nitrogen and oxygen atoms in total. The molecule has 0 spiro atoms. The molecule has 1 atom stereocenters. The summed E-state index contributed by atoms with van der Waals surface area (Å²) in [6.45, 7) is 6.76. The van der Waals surface area contributed by atoms with Crippen LogP contribution in [0.15, 0.2) is 12.4 Å². The molecule has 1 unspecified atom stereocenters. The number of unbranched alkanes of at least 4 members (excludes halogenated alkanes) is 1. The molecule has 4 heteroatoms. The second-order valence-corrected chi connectivity index (χ2v) is 5.34. The number of hydrogen-bond acceptors (Lipinski definition) is 3. The number of rotatable bonds is 7. The van der Waals surface area contributed by atoms with Gasteiger partial charge in [-0.1, -0.05) is 13.3 Å². The molecule has 0 aliphatic carbocycles. The van der Waals surface area contributed by atoms with E-state index in [9.17, 15) is 0 Å². The average molecular weight is 250 g/mol. The maximum absolute atomic E-state index is 4.44. The smallest absolute Gasteiger partial charge is 0.122 e. The van der Waals surface area contributed by atoms with Crippen LogP contribution in [0.1, 0.15) is 38.4 Å². The Labute approximate surface area is 110 Å². The van der Waals surface area contributed by atoms with Crippen molar-refractivity contribution in [1.29, 1.82) is 0 Å². The minimum absolute atomic E-state index is 0.683. The highest BCUT2D eigenvalue weighted by Crippen LogP contribution is 2.10. The first-order valence-electron chi connectivity index (χ1n) is 7.21. The highest BCUT2D eigenvalue weighted by atomic mass is 15.2. The van der Waals surface area contributed by atoms with E-state index in [0.717, 1.165) is 13.1 Å². The number of hydrogen-bond donors (Lipinski definition) is 1. The van der Waals surface area contributed by atoms with Gasteiger partial charge in [0.25, 0.3) is 0 Å². The molecular weight excluding hydrogens is 224 g/mol. The Morgan fingerprint density at radius 3 is 3.06 bits per heavy atom. The second kappa shape index (κ2) is 6.90. The lowest BCUT2D eigenvalue weighted by molar-refractivity contribution is 0.230. The van der Waals surface area contributed by atoms with Gasteiger partial charge in [0.15, 0.2) is 0 Å². The van der Waals surface area contributed by atoms with Crippen molar-refractivity contribution in [3.63, 3.8) is 0 Å². The van der Waals surface area contributed by atoms with E-state index in [0.29, 0.717) is 6.04 Å². The highest BCUT2D eigenvalue weighted by molar-refractivity contribution is 4.91. The molecule has 102 valence electrons. The maximum Gasteiger partial charge on any atom is 0.122 e. The molecule has 1 fully saturated rings. The minimum atomic E-state index is 0.683. The summed E-state index contributed by atoms with van der Waals surface area (Å²) in [6.07, 6.45) is 9.10. The molecule has 1 aromatic heterocycles. The molecule has 1 aliphatic rings. The van der Waals surface area contributed by atoms with E-state index in [1.54, 1.807) is 0 Å². The largest absolute Gasteiger partial charge is 0.337 e. The zero-order valence-corrected chi connectivity index (χ0v) is 11.7. The predicted molar refractivity (Wildman–Crippen MR) is 74.4 cm³/mol. The van der Waals surface area contributed by atoms with Gasteiger partial charge in [0.2, 0.25) is 0 Å². The fraction of sp³-hybridized carbons (Fsp3) is 0.786. The molecule has 0 amide bonds. The van der Waals surface area contributed by atoms with E-state index < -0.39 is 0 Å². The molecule has 0 saturated carbocycles. The Morgan fingerprint density at radius 1 is 1.56 bits per heavy atom. The Bertz CT molecular complexity index is 341. The van der Waals surface area contributed by atoms with Crippen molar-refractivity contribution < 1.29 is 0 Å². The summed E-state index contributed by atoms with van der Waals surface area (Å²) in [6, 6.07) is 0.683. The number of nitrogens with one attached hydrogen (secondary N) is 1. The van der Waals surface area contributed by atoms with Crippen LogP contribution in [0.5, 0.6) is 0 Å². The first kappa shape index (κ1) is 13.6. The molecule has 1 N–H and O–H groups in total. The summed E-state index contributed by atoms with van der Waals surface area (Å²) in [5.41, 5.74) is 0. The van der Waals surface area contributed by atoms with Crippen molar-refractivity contribution in [2.45, 2.75) is 45.2 Å². The summed E-state index contributed by atoms with van der Waals surface area (Å²) in [7, 11) is 2.08. The van der Waals surface area contributed by atoms with Crippen LogP contribution < -0.4 is 5.32 Å². The van der Waals surface area contributed by atoms with Crippen LogP contribution in [-0.4, -0.2) is 40.1 Å². The molecule has 18 heavy (non-hydrogen) atoms. The van der Waals surface area contributed by atoms with Crippen LogP contribution >= 0.6 is 0 Å². The Hall–Kier alpha value is -0.870. The van der Waals surface area contributed by atoms with E-state index in [4.69, 9.17) is 0 Å². The molecule has 1 saturated heterocycles. The number of nitrogens with zero attached hydrogens (tertiary/aromatic N) is 3. The first-order chi connectivity index (χ1) is 8.79. The molecule has 1 aliphatic heterocycles. The van der Waals surface area contributed by atoms with Crippen molar-refractivity contribution in [3.05, 3.63) is 18.2 Å².